The first kappa shape index (κ1) is 13.6. The predicted octanol–water partition coefficient (Wildman–Crippen LogP) is 2.32. The van der Waals surface area contributed by atoms with Gasteiger partial charge in [-0.3, -0.25) is 10.1 Å². The number of hydrogen-bond acceptors (Lipinski definition) is 4. The van der Waals surface area contributed by atoms with Crippen molar-refractivity contribution in [2.24, 2.45) is 0 Å². The maximum atomic E-state index is 10.8. The Labute approximate surface area is 104 Å². The van der Waals surface area contributed by atoms with Crippen LogP contribution < -0.4 is 5.32 Å². The largest absolute Gasteiger partial charge is 0.312 e. The molecule has 0 fully saturated rings. The van der Waals surface area contributed by atoms with Crippen LogP contribution in [0.25, 0.3) is 0 Å². The van der Waals surface area contributed by atoms with Crippen molar-refractivity contribution < 1.29 is 9.72 Å². The van der Waals surface area contributed by atoms with Crippen LogP contribution in [0, 0.1) is 10.1 Å². The zero-order valence-electron chi connectivity index (χ0n) is 9.19. The molecule has 0 amide bonds. The van der Waals surface area contributed by atoms with E-state index in [1.54, 1.807) is 12.1 Å². The van der Waals surface area contributed by atoms with Crippen molar-refractivity contribution in [3.8, 4) is 0 Å². The van der Waals surface area contributed by atoms with Crippen molar-refractivity contribution in [2.45, 2.75) is 19.4 Å². The molecule has 0 unspecified atom stereocenters. The normalized spacial score (nSPS) is 10.2. The molecule has 1 aromatic rings. The Bertz CT molecular complexity index is 410. The summed E-state index contributed by atoms with van der Waals surface area (Å²) in [6, 6.07) is 4.59. The van der Waals surface area contributed by atoms with E-state index < -0.39 is 4.92 Å². The number of nitro groups is 1. The number of benzene rings is 1. The first-order valence-electron chi connectivity index (χ1n) is 5.22. The predicted molar refractivity (Wildman–Crippen MR) is 65.1 cm³/mol. The molecule has 0 aromatic heterocycles. The van der Waals surface area contributed by atoms with Crippen LogP contribution in [0.5, 0.6) is 0 Å². The van der Waals surface area contributed by atoms with Crippen LogP contribution in [0.1, 0.15) is 18.4 Å². The summed E-state index contributed by atoms with van der Waals surface area (Å²) < 4.78 is 0. The van der Waals surface area contributed by atoms with Gasteiger partial charge in [0.2, 0.25) is 0 Å². The number of aldehydes is 1. The molecule has 1 rings (SSSR count). The molecule has 0 saturated carbocycles. The number of rotatable bonds is 7. The highest BCUT2D eigenvalue weighted by atomic mass is 35.5. The summed E-state index contributed by atoms with van der Waals surface area (Å²) in [4.78, 5) is 20.4. The van der Waals surface area contributed by atoms with Gasteiger partial charge < -0.3 is 10.1 Å². The van der Waals surface area contributed by atoms with Crippen LogP contribution in [-0.4, -0.2) is 17.8 Å². The van der Waals surface area contributed by atoms with Crippen molar-refractivity contribution in [2.75, 3.05) is 6.54 Å². The third-order valence-corrected chi connectivity index (χ3v) is 2.47. The molecule has 0 atom stereocenters. The molecule has 92 valence electrons. The molecular weight excluding hydrogens is 244 g/mol. The van der Waals surface area contributed by atoms with Crippen LogP contribution in [0.2, 0.25) is 5.02 Å². The van der Waals surface area contributed by atoms with E-state index >= 15 is 0 Å². The maximum Gasteiger partial charge on any atom is 0.275 e. The highest BCUT2D eigenvalue weighted by Crippen LogP contribution is 2.22. The molecule has 0 saturated heterocycles. The standard InChI is InChI=1S/C11H13ClN2O3/c12-10-4-3-9(11(7-10)14(16)17)8-13-5-1-2-6-15/h3-4,6-7,13H,1-2,5,8H2. The van der Waals surface area contributed by atoms with Crippen LogP contribution in [-0.2, 0) is 11.3 Å². The molecule has 1 aromatic carbocycles. The van der Waals surface area contributed by atoms with Crippen LogP contribution in [0.15, 0.2) is 18.2 Å². The highest BCUT2D eigenvalue weighted by Gasteiger charge is 2.13. The minimum absolute atomic E-state index is 0.0142. The third kappa shape index (κ3) is 4.50. The number of carbonyl (C=O) groups excluding carboxylic acids is 1. The number of unbranched alkanes of at least 4 members (excludes halogenated alkanes) is 1. The van der Waals surface area contributed by atoms with Crippen LogP contribution >= 0.6 is 11.6 Å². The molecule has 0 aliphatic rings. The Balaban J connectivity index is 2.58. The Hall–Kier alpha value is -1.46. The second-order valence-corrected chi connectivity index (χ2v) is 3.95. The maximum absolute atomic E-state index is 10.8. The average Bonchev–Trinajstić information content (AvgIpc) is 2.30. The molecule has 0 spiro atoms. The van der Waals surface area contributed by atoms with E-state index in [-0.39, 0.29) is 5.69 Å². The van der Waals surface area contributed by atoms with Crippen molar-refractivity contribution in [1.82, 2.24) is 5.32 Å². The summed E-state index contributed by atoms with van der Waals surface area (Å²) in [6.45, 7) is 1.05. The zero-order valence-corrected chi connectivity index (χ0v) is 9.94. The Morgan fingerprint density at radius 3 is 2.88 bits per heavy atom. The molecule has 17 heavy (non-hydrogen) atoms. The average molecular weight is 257 g/mol. The van der Waals surface area contributed by atoms with Gasteiger partial charge in [0.15, 0.2) is 0 Å². The number of nitro benzene ring substituents is 1. The molecular formula is C11H13ClN2O3. The lowest BCUT2D eigenvalue weighted by atomic mass is 10.2. The number of nitrogens with zero attached hydrogens (tertiary/aromatic N) is 1. The topological polar surface area (TPSA) is 72.2 Å². The molecule has 0 aliphatic carbocycles. The van der Waals surface area contributed by atoms with E-state index in [4.69, 9.17) is 11.6 Å². The zero-order chi connectivity index (χ0) is 12.7. The molecule has 5 nitrogen and oxygen atoms in total. The molecule has 1 N–H and O–H groups in total. The fraction of sp³-hybridized carbons (Fsp3) is 0.364. The van der Waals surface area contributed by atoms with E-state index in [1.807, 2.05) is 0 Å². The number of halogens is 1. The van der Waals surface area contributed by atoms with Gasteiger partial charge in [-0.05, 0) is 25.1 Å². The van der Waals surface area contributed by atoms with E-state index in [1.165, 1.54) is 6.07 Å². The lowest BCUT2D eigenvalue weighted by molar-refractivity contribution is -0.385. The number of nitrogens with one attached hydrogen (secondary N) is 1. The summed E-state index contributed by atoms with van der Waals surface area (Å²) in [5, 5.41) is 14.2. The van der Waals surface area contributed by atoms with E-state index in [0.717, 1.165) is 12.7 Å². The third-order valence-electron chi connectivity index (χ3n) is 2.24. The van der Waals surface area contributed by atoms with Gasteiger partial charge in [0, 0.05) is 29.6 Å². The van der Waals surface area contributed by atoms with E-state index in [0.29, 0.717) is 30.1 Å². The van der Waals surface area contributed by atoms with Gasteiger partial charge in [0.25, 0.3) is 5.69 Å². The molecule has 6 heteroatoms. The van der Waals surface area contributed by atoms with Crippen molar-refractivity contribution in [3.05, 3.63) is 38.9 Å². The van der Waals surface area contributed by atoms with Gasteiger partial charge in [-0.2, -0.15) is 0 Å². The SMILES string of the molecule is O=CCCCNCc1ccc(Cl)cc1[N+](=O)[O-]. The summed E-state index contributed by atoms with van der Waals surface area (Å²) in [7, 11) is 0. The Morgan fingerprint density at radius 1 is 1.47 bits per heavy atom. The molecule has 0 aliphatic heterocycles. The summed E-state index contributed by atoms with van der Waals surface area (Å²) in [5.74, 6) is 0. The summed E-state index contributed by atoms with van der Waals surface area (Å²) >= 11 is 5.70. The summed E-state index contributed by atoms with van der Waals surface area (Å²) in [6.07, 6.45) is 2.08. The lowest BCUT2D eigenvalue weighted by Crippen LogP contribution is -2.15. The van der Waals surface area contributed by atoms with E-state index in [2.05, 4.69) is 5.32 Å². The summed E-state index contributed by atoms with van der Waals surface area (Å²) in [5.41, 5.74) is 0.603. The monoisotopic (exact) mass is 256 g/mol. The van der Waals surface area contributed by atoms with Crippen molar-refractivity contribution in [3.63, 3.8) is 0 Å². The molecule has 0 heterocycles. The van der Waals surface area contributed by atoms with Crippen molar-refractivity contribution >= 4 is 23.6 Å². The number of hydrogen-bond donors (Lipinski definition) is 1. The van der Waals surface area contributed by atoms with Gasteiger partial charge in [-0.25, -0.2) is 0 Å². The first-order valence-corrected chi connectivity index (χ1v) is 5.60. The van der Waals surface area contributed by atoms with Gasteiger partial charge in [0.05, 0.1) is 4.92 Å². The van der Waals surface area contributed by atoms with Gasteiger partial charge in [-0.15, -0.1) is 0 Å². The van der Waals surface area contributed by atoms with Gasteiger partial charge in [-0.1, -0.05) is 11.6 Å². The second-order valence-electron chi connectivity index (χ2n) is 3.52. The minimum atomic E-state index is -0.450. The van der Waals surface area contributed by atoms with Crippen LogP contribution in [0.4, 0.5) is 5.69 Å². The smallest absolute Gasteiger partial charge is 0.275 e. The Morgan fingerprint density at radius 2 is 2.24 bits per heavy atom. The lowest BCUT2D eigenvalue weighted by Gasteiger charge is -2.05. The first-order chi connectivity index (χ1) is 8.15. The van der Waals surface area contributed by atoms with Crippen LogP contribution in [0.3, 0.4) is 0 Å². The molecule has 0 radical (unpaired) electrons. The number of carbonyl (C=O) groups is 1. The molecule has 0 bridgehead atoms. The fourth-order valence-electron chi connectivity index (χ4n) is 1.39. The fourth-order valence-corrected chi connectivity index (χ4v) is 1.56. The minimum Gasteiger partial charge on any atom is -0.312 e. The van der Waals surface area contributed by atoms with Crippen molar-refractivity contribution in [1.29, 1.82) is 0 Å². The highest BCUT2D eigenvalue weighted by molar-refractivity contribution is 6.30. The second kappa shape index (κ2) is 6.98. The quantitative estimate of drug-likeness (QED) is 0.352. The van der Waals surface area contributed by atoms with Gasteiger partial charge >= 0.3 is 0 Å². The van der Waals surface area contributed by atoms with E-state index in [9.17, 15) is 14.9 Å². The van der Waals surface area contributed by atoms with Gasteiger partial charge in [0.1, 0.15) is 6.29 Å². The Kier molecular flexibility index (Phi) is 5.59.